The molecule has 1 heterocycles. The number of benzene rings is 1. The first-order valence-electron chi connectivity index (χ1n) is 10.9. The Morgan fingerprint density at radius 1 is 1.10 bits per heavy atom. The van der Waals surface area contributed by atoms with E-state index in [0.717, 1.165) is 49.0 Å². The maximum atomic E-state index is 12.8. The molecular weight excluding hydrogens is 412 g/mol. The summed E-state index contributed by atoms with van der Waals surface area (Å²) in [6, 6.07) is 9.92. The first kappa shape index (κ1) is 23.0. The van der Waals surface area contributed by atoms with E-state index in [9.17, 15) is 14.4 Å². The minimum absolute atomic E-state index is 0.0469. The lowest BCUT2D eigenvalue weighted by Gasteiger charge is -2.20. The van der Waals surface area contributed by atoms with Crippen molar-refractivity contribution >= 4 is 34.1 Å². The fraction of sp³-hybridized carbons (Fsp3) is 0.458. The lowest BCUT2D eigenvalue weighted by Crippen LogP contribution is -2.25. The van der Waals surface area contributed by atoms with Crippen molar-refractivity contribution in [3.8, 4) is 0 Å². The molecule has 0 saturated heterocycles. The highest BCUT2D eigenvalue weighted by atomic mass is 32.1. The summed E-state index contributed by atoms with van der Waals surface area (Å²) < 4.78 is 5.19. The minimum Gasteiger partial charge on any atom is -0.462 e. The molecule has 3 rings (SSSR count). The van der Waals surface area contributed by atoms with Crippen molar-refractivity contribution in [3.05, 3.63) is 51.9 Å². The van der Waals surface area contributed by atoms with Crippen molar-refractivity contribution in [2.45, 2.75) is 52.4 Å². The fourth-order valence-electron chi connectivity index (χ4n) is 3.89. The molecule has 1 aromatic carbocycles. The van der Waals surface area contributed by atoms with Crippen LogP contribution in [0.1, 0.15) is 70.2 Å². The molecule has 1 aliphatic rings. The number of anilines is 1. The van der Waals surface area contributed by atoms with E-state index in [2.05, 4.69) is 10.6 Å². The van der Waals surface area contributed by atoms with E-state index in [1.807, 2.05) is 30.3 Å². The zero-order valence-electron chi connectivity index (χ0n) is 18.2. The van der Waals surface area contributed by atoms with Crippen LogP contribution in [0.5, 0.6) is 0 Å². The molecular formula is C24H30N2O4S. The number of thiophene rings is 1. The Hall–Kier alpha value is -2.67. The molecule has 0 atom stereocenters. The lowest BCUT2D eigenvalue weighted by molar-refractivity contribution is -0.120. The van der Waals surface area contributed by atoms with Crippen LogP contribution >= 0.6 is 11.3 Å². The molecule has 1 saturated carbocycles. The van der Waals surface area contributed by atoms with Crippen LogP contribution in [0.3, 0.4) is 0 Å². The topological polar surface area (TPSA) is 84.5 Å². The van der Waals surface area contributed by atoms with Crippen LogP contribution in [0.4, 0.5) is 5.00 Å². The summed E-state index contributed by atoms with van der Waals surface area (Å²) in [5, 5.41) is 6.24. The van der Waals surface area contributed by atoms with Crippen LogP contribution in [0, 0.1) is 12.8 Å². The minimum atomic E-state index is -0.515. The summed E-state index contributed by atoms with van der Waals surface area (Å²) in [6.07, 6.45) is 5.68. The van der Waals surface area contributed by atoms with Gasteiger partial charge in [-0.2, -0.15) is 0 Å². The highest BCUT2D eigenvalue weighted by Gasteiger charge is 2.28. The van der Waals surface area contributed by atoms with Crippen molar-refractivity contribution in [1.82, 2.24) is 5.32 Å². The van der Waals surface area contributed by atoms with Crippen molar-refractivity contribution in [3.63, 3.8) is 0 Å². The zero-order valence-corrected chi connectivity index (χ0v) is 19.0. The Balaban J connectivity index is 1.74. The Kier molecular flexibility index (Phi) is 8.23. The number of hydrogen-bond acceptors (Lipinski definition) is 5. The molecule has 0 radical (unpaired) electrons. The quantitative estimate of drug-likeness (QED) is 0.579. The Morgan fingerprint density at radius 3 is 2.48 bits per heavy atom. The zero-order chi connectivity index (χ0) is 22.2. The van der Waals surface area contributed by atoms with Gasteiger partial charge in [-0.05, 0) is 44.2 Å². The van der Waals surface area contributed by atoms with Gasteiger partial charge >= 0.3 is 5.97 Å². The summed E-state index contributed by atoms with van der Waals surface area (Å²) in [4.78, 5) is 38.6. The summed E-state index contributed by atoms with van der Waals surface area (Å²) in [6.45, 7) is 4.17. The van der Waals surface area contributed by atoms with Crippen molar-refractivity contribution < 1.29 is 19.1 Å². The van der Waals surface area contributed by atoms with Gasteiger partial charge in [-0.1, -0.05) is 49.6 Å². The molecule has 0 unspecified atom stereocenters. The van der Waals surface area contributed by atoms with Gasteiger partial charge in [0.1, 0.15) is 5.00 Å². The molecule has 31 heavy (non-hydrogen) atoms. The van der Waals surface area contributed by atoms with Gasteiger partial charge in [0.15, 0.2) is 0 Å². The third kappa shape index (κ3) is 5.94. The molecule has 0 spiro atoms. The van der Waals surface area contributed by atoms with Crippen LogP contribution in [0.15, 0.2) is 30.3 Å². The molecule has 7 heteroatoms. The third-order valence-corrected chi connectivity index (χ3v) is 6.79. The Bertz CT molecular complexity index is 917. The van der Waals surface area contributed by atoms with Gasteiger partial charge in [0.25, 0.3) is 5.91 Å². The second-order valence-electron chi connectivity index (χ2n) is 7.80. The molecule has 0 aliphatic heterocycles. The first-order chi connectivity index (χ1) is 15.0. The van der Waals surface area contributed by atoms with Crippen LogP contribution in [-0.4, -0.2) is 30.9 Å². The van der Waals surface area contributed by atoms with E-state index in [-0.39, 0.29) is 29.9 Å². The predicted octanol–water partition coefficient (Wildman–Crippen LogP) is 4.72. The van der Waals surface area contributed by atoms with Gasteiger partial charge in [0.2, 0.25) is 5.91 Å². The molecule has 2 aromatic rings. The highest BCUT2D eigenvalue weighted by Crippen LogP contribution is 2.35. The highest BCUT2D eigenvalue weighted by molar-refractivity contribution is 7.18. The average Bonchev–Trinajstić information content (AvgIpc) is 3.11. The number of carbonyl (C=O) groups is 3. The molecule has 1 aromatic heterocycles. The molecule has 1 aliphatic carbocycles. The number of carbonyl (C=O) groups excluding carboxylic acids is 3. The number of hydrogen-bond donors (Lipinski definition) is 2. The largest absolute Gasteiger partial charge is 0.462 e. The number of esters is 1. The summed E-state index contributed by atoms with van der Waals surface area (Å²) >= 11 is 1.14. The fourth-order valence-corrected chi connectivity index (χ4v) is 5.01. The van der Waals surface area contributed by atoms with E-state index >= 15 is 0 Å². The normalized spacial score (nSPS) is 14.1. The van der Waals surface area contributed by atoms with Crippen LogP contribution in [-0.2, 0) is 16.0 Å². The smallest absolute Gasteiger partial charge is 0.341 e. The van der Waals surface area contributed by atoms with Gasteiger partial charge < -0.3 is 15.4 Å². The third-order valence-electron chi connectivity index (χ3n) is 5.59. The van der Waals surface area contributed by atoms with E-state index in [1.54, 1.807) is 13.8 Å². The van der Waals surface area contributed by atoms with Gasteiger partial charge in [-0.3, -0.25) is 9.59 Å². The SMILES string of the molecule is CCOC(=O)c1c(NC(=O)C2CCCCC2)sc(C(=O)NCCc2ccccc2)c1C. The molecule has 6 nitrogen and oxygen atoms in total. The summed E-state index contributed by atoms with van der Waals surface area (Å²) in [5.74, 6) is -0.891. The molecule has 2 N–H and O–H groups in total. The average molecular weight is 443 g/mol. The number of rotatable bonds is 8. The van der Waals surface area contributed by atoms with E-state index in [1.165, 1.54) is 0 Å². The second kappa shape index (κ2) is 11.1. The number of amides is 2. The molecule has 0 bridgehead atoms. The number of ether oxygens (including phenoxy) is 1. The van der Waals surface area contributed by atoms with Gasteiger partial charge in [-0.15, -0.1) is 11.3 Å². The van der Waals surface area contributed by atoms with Crippen LogP contribution < -0.4 is 10.6 Å². The van der Waals surface area contributed by atoms with E-state index in [0.29, 0.717) is 28.4 Å². The van der Waals surface area contributed by atoms with Crippen molar-refractivity contribution in [2.75, 3.05) is 18.5 Å². The maximum absolute atomic E-state index is 12.8. The monoisotopic (exact) mass is 442 g/mol. The second-order valence-corrected chi connectivity index (χ2v) is 8.82. The predicted molar refractivity (Wildman–Crippen MR) is 123 cm³/mol. The molecule has 1 fully saturated rings. The van der Waals surface area contributed by atoms with Crippen LogP contribution in [0.2, 0.25) is 0 Å². The molecule has 2 amide bonds. The standard InChI is InChI=1S/C24H30N2O4S/c1-3-30-24(29)19-16(2)20(22(28)25-15-14-17-10-6-4-7-11-17)31-23(19)26-21(27)18-12-8-5-9-13-18/h4,6-7,10-11,18H,3,5,8-9,12-15H2,1-2H3,(H,25,28)(H,26,27). The van der Waals surface area contributed by atoms with Gasteiger partial charge in [0, 0.05) is 12.5 Å². The maximum Gasteiger partial charge on any atom is 0.341 e. The van der Waals surface area contributed by atoms with Gasteiger partial charge in [0.05, 0.1) is 17.0 Å². The molecule has 166 valence electrons. The first-order valence-corrected chi connectivity index (χ1v) is 11.8. The summed E-state index contributed by atoms with van der Waals surface area (Å²) in [5.41, 5.74) is 1.96. The van der Waals surface area contributed by atoms with Crippen molar-refractivity contribution in [2.24, 2.45) is 5.92 Å². The summed E-state index contributed by atoms with van der Waals surface area (Å²) in [7, 11) is 0. The number of nitrogens with one attached hydrogen (secondary N) is 2. The van der Waals surface area contributed by atoms with Crippen molar-refractivity contribution in [1.29, 1.82) is 0 Å². The lowest BCUT2D eigenvalue weighted by atomic mass is 9.89. The Labute approximate surface area is 187 Å². The van der Waals surface area contributed by atoms with E-state index in [4.69, 9.17) is 4.74 Å². The van der Waals surface area contributed by atoms with E-state index < -0.39 is 5.97 Å². The Morgan fingerprint density at radius 2 is 1.81 bits per heavy atom. The van der Waals surface area contributed by atoms with Crippen LogP contribution in [0.25, 0.3) is 0 Å². The van der Waals surface area contributed by atoms with Gasteiger partial charge in [-0.25, -0.2) is 4.79 Å².